The van der Waals surface area contributed by atoms with Crippen LogP contribution in [0, 0.1) is 40.8 Å². The molecule has 0 saturated heterocycles. The number of aromatic nitrogens is 1. The van der Waals surface area contributed by atoms with Crippen molar-refractivity contribution < 1.29 is 9.18 Å². The van der Waals surface area contributed by atoms with Gasteiger partial charge in [0.2, 0.25) is 5.91 Å². The van der Waals surface area contributed by atoms with Crippen molar-refractivity contribution in [3.05, 3.63) is 27.5 Å². The van der Waals surface area contributed by atoms with E-state index >= 15 is 4.39 Å². The van der Waals surface area contributed by atoms with E-state index in [0.717, 1.165) is 12.1 Å². The number of nitrogens with one attached hydrogen (secondary N) is 1. The van der Waals surface area contributed by atoms with Crippen LogP contribution in [0.2, 0.25) is 0 Å². The highest BCUT2D eigenvalue weighted by Gasteiger charge is 2.38. The number of carbonyl (C=O) groups excluding carboxylic acids is 1. The molecule has 186 valence electrons. The molecule has 1 saturated carbocycles. The van der Waals surface area contributed by atoms with Gasteiger partial charge in [0.1, 0.15) is 10.5 Å². The number of hydrogen-bond acceptors (Lipinski definition) is 6. The van der Waals surface area contributed by atoms with Crippen molar-refractivity contribution in [2.75, 3.05) is 32.2 Å². The van der Waals surface area contributed by atoms with Gasteiger partial charge in [-0.3, -0.25) is 4.79 Å². The average molecular weight is 561 g/mol. The number of nitrogens with two attached hydrogens (primary N) is 1. The van der Waals surface area contributed by atoms with E-state index in [1.807, 2.05) is 12.3 Å². The Bertz CT molecular complexity index is 1220. The summed E-state index contributed by atoms with van der Waals surface area (Å²) in [6.45, 7) is 2.75. The van der Waals surface area contributed by atoms with Crippen LogP contribution in [0.5, 0.6) is 0 Å². The number of hydrogen-bond donors (Lipinski definition) is 2. The lowest BCUT2D eigenvalue weighted by Crippen LogP contribution is -2.49. The largest absolute Gasteiger partial charge is 0.380 e. The fourth-order valence-electron chi connectivity index (χ4n) is 4.41. The maximum Gasteiger partial charge on any atom is 0.223 e. The molecule has 1 fully saturated rings. The van der Waals surface area contributed by atoms with Crippen molar-refractivity contribution in [2.24, 2.45) is 17.6 Å². The Morgan fingerprint density at radius 1 is 1.43 bits per heavy atom. The van der Waals surface area contributed by atoms with Crippen LogP contribution in [-0.2, 0) is 11.2 Å². The Hall–Kier alpha value is -2.33. The number of nitrogens with zero attached hydrogens (tertiary/aromatic N) is 3. The SMILES string of the molecule is CSc1nc2c(F)c(Br)c(CCC#N)cc2c(N[C@H]2[C@@H](CN)C[C@@H]2C)c1C#CCCC(=O)N(C)C. The van der Waals surface area contributed by atoms with E-state index in [-0.39, 0.29) is 23.9 Å². The number of fused-ring (bicyclic) bond motifs is 1. The number of rotatable bonds is 8. The maximum absolute atomic E-state index is 15.5. The van der Waals surface area contributed by atoms with Crippen LogP contribution in [0.1, 0.15) is 43.7 Å². The Balaban J connectivity index is 2.18. The molecule has 0 unspecified atom stereocenters. The summed E-state index contributed by atoms with van der Waals surface area (Å²) in [6.07, 6.45) is 4.37. The van der Waals surface area contributed by atoms with Crippen molar-refractivity contribution in [1.82, 2.24) is 9.88 Å². The number of thioether (sulfide) groups is 1. The van der Waals surface area contributed by atoms with Crippen molar-refractivity contribution in [1.29, 1.82) is 5.26 Å². The van der Waals surface area contributed by atoms with Crippen LogP contribution in [0.3, 0.4) is 0 Å². The number of carbonyl (C=O) groups is 1. The number of amides is 1. The number of nitriles is 1. The lowest BCUT2D eigenvalue weighted by atomic mass is 9.70. The van der Waals surface area contributed by atoms with Crippen LogP contribution in [0.25, 0.3) is 10.9 Å². The number of anilines is 1. The van der Waals surface area contributed by atoms with E-state index in [0.29, 0.717) is 63.7 Å². The fourth-order valence-corrected chi connectivity index (χ4v) is 5.45. The second-order valence-electron chi connectivity index (χ2n) is 9.06. The summed E-state index contributed by atoms with van der Waals surface area (Å²) in [5, 5.41) is 14.0. The molecule has 3 rings (SSSR count). The second-order valence-corrected chi connectivity index (χ2v) is 10.6. The summed E-state index contributed by atoms with van der Waals surface area (Å²) < 4.78 is 15.8. The summed E-state index contributed by atoms with van der Waals surface area (Å²) in [7, 11) is 3.45. The predicted octanol–water partition coefficient (Wildman–Crippen LogP) is 4.93. The van der Waals surface area contributed by atoms with Crippen LogP contribution in [0.15, 0.2) is 15.6 Å². The molecule has 3 atom stereocenters. The third-order valence-electron chi connectivity index (χ3n) is 6.49. The minimum Gasteiger partial charge on any atom is -0.380 e. The van der Waals surface area contributed by atoms with Crippen LogP contribution in [-0.4, -0.2) is 48.7 Å². The molecule has 1 aromatic heterocycles. The lowest BCUT2D eigenvalue weighted by Gasteiger charge is -2.44. The van der Waals surface area contributed by atoms with Gasteiger partial charge in [-0.25, -0.2) is 9.37 Å². The first kappa shape index (κ1) is 27.3. The second kappa shape index (κ2) is 12.1. The van der Waals surface area contributed by atoms with E-state index in [1.54, 1.807) is 19.0 Å². The third kappa shape index (κ3) is 5.91. The first-order chi connectivity index (χ1) is 16.7. The third-order valence-corrected chi connectivity index (χ3v) is 8.03. The lowest BCUT2D eigenvalue weighted by molar-refractivity contribution is -0.128. The Morgan fingerprint density at radius 3 is 2.77 bits per heavy atom. The number of benzene rings is 1. The van der Waals surface area contributed by atoms with Gasteiger partial charge in [-0.1, -0.05) is 18.8 Å². The molecule has 1 aromatic carbocycles. The summed E-state index contributed by atoms with van der Waals surface area (Å²) >= 11 is 4.78. The van der Waals surface area contributed by atoms with Gasteiger partial charge in [-0.05, 0) is 65.0 Å². The van der Waals surface area contributed by atoms with E-state index in [2.05, 4.69) is 51.1 Å². The van der Waals surface area contributed by atoms with Gasteiger partial charge in [0.25, 0.3) is 0 Å². The first-order valence-electron chi connectivity index (χ1n) is 11.6. The van der Waals surface area contributed by atoms with Gasteiger partial charge >= 0.3 is 0 Å². The van der Waals surface area contributed by atoms with Gasteiger partial charge in [-0.2, -0.15) is 5.26 Å². The molecule has 1 aliphatic carbocycles. The molecule has 0 bridgehead atoms. The zero-order valence-corrected chi connectivity index (χ0v) is 22.9. The van der Waals surface area contributed by atoms with Crippen molar-refractivity contribution >= 4 is 50.2 Å². The highest BCUT2D eigenvalue weighted by Crippen LogP contribution is 2.41. The molecule has 1 amide bonds. The topological polar surface area (TPSA) is 95.0 Å². The number of aryl methyl sites for hydroxylation is 1. The minimum atomic E-state index is -0.443. The van der Waals surface area contributed by atoms with Crippen molar-refractivity contribution in [3.63, 3.8) is 0 Å². The summed E-state index contributed by atoms with van der Waals surface area (Å²) in [6, 6.07) is 4.18. The molecule has 0 spiro atoms. The van der Waals surface area contributed by atoms with Gasteiger partial charge in [0.15, 0.2) is 5.82 Å². The quantitative estimate of drug-likeness (QED) is 0.351. The van der Waals surface area contributed by atoms with Gasteiger partial charge in [0, 0.05) is 44.8 Å². The van der Waals surface area contributed by atoms with Crippen LogP contribution >= 0.6 is 27.7 Å². The highest BCUT2D eigenvalue weighted by atomic mass is 79.9. The van der Waals surface area contributed by atoms with Crippen LogP contribution in [0.4, 0.5) is 10.1 Å². The predicted molar refractivity (Wildman–Crippen MR) is 144 cm³/mol. The number of halogens is 2. The zero-order chi connectivity index (χ0) is 25.7. The molecular formula is C26H31BrFN5OS. The summed E-state index contributed by atoms with van der Waals surface area (Å²) in [4.78, 5) is 18.1. The molecule has 2 aromatic rings. The minimum absolute atomic E-state index is 0.0162. The maximum atomic E-state index is 15.5. The molecule has 1 heterocycles. The molecular weight excluding hydrogens is 529 g/mol. The summed E-state index contributed by atoms with van der Waals surface area (Å²) in [5.74, 6) is 6.67. The van der Waals surface area contributed by atoms with E-state index < -0.39 is 5.82 Å². The average Bonchev–Trinajstić information content (AvgIpc) is 2.84. The van der Waals surface area contributed by atoms with Crippen molar-refractivity contribution in [2.45, 2.75) is 50.1 Å². The van der Waals surface area contributed by atoms with Gasteiger partial charge in [-0.15, -0.1) is 11.8 Å². The highest BCUT2D eigenvalue weighted by molar-refractivity contribution is 9.10. The molecule has 9 heteroatoms. The smallest absolute Gasteiger partial charge is 0.223 e. The van der Waals surface area contributed by atoms with Crippen molar-refractivity contribution in [3.8, 4) is 17.9 Å². The standard InChI is InChI=1S/C26H31BrFN5OS/c1-15-12-17(14-30)23(15)31-24-18(9-5-6-10-20(34)33(2)3)26(35-4)32-25-19(24)13-16(8-7-11-29)21(27)22(25)28/h13,15,17,23H,6-8,10,12,14,30H2,1-4H3,(H,31,32)/t15-,17+,23+/m0/s1. The van der Waals surface area contributed by atoms with Gasteiger partial charge < -0.3 is 16.0 Å². The Kier molecular flexibility index (Phi) is 9.40. The summed E-state index contributed by atoms with van der Waals surface area (Å²) in [5.41, 5.74) is 8.42. The first-order valence-corrected chi connectivity index (χ1v) is 13.7. The molecule has 6 nitrogen and oxygen atoms in total. The normalized spacial score (nSPS) is 18.9. The monoisotopic (exact) mass is 559 g/mol. The number of pyridine rings is 1. The Labute approximate surface area is 219 Å². The molecule has 35 heavy (non-hydrogen) atoms. The van der Waals surface area contributed by atoms with E-state index in [4.69, 9.17) is 11.0 Å². The van der Waals surface area contributed by atoms with Crippen LogP contribution < -0.4 is 11.1 Å². The van der Waals surface area contributed by atoms with Gasteiger partial charge in [0.05, 0.1) is 21.8 Å². The zero-order valence-electron chi connectivity index (χ0n) is 20.5. The van der Waals surface area contributed by atoms with E-state index in [9.17, 15) is 4.79 Å². The molecule has 0 aliphatic heterocycles. The fraction of sp³-hybridized carbons (Fsp3) is 0.500. The molecule has 0 radical (unpaired) electrons. The molecule has 1 aliphatic rings. The van der Waals surface area contributed by atoms with E-state index in [1.165, 1.54) is 11.8 Å². The Morgan fingerprint density at radius 2 is 2.17 bits per heavy atom. The molecule has 3 N–H and O–H groups in total.